The van der Waals surface area contributed by atoms with Crippen molar-refractivity contribution in [3.8, 4) is 11.8 Å². The molecule has 2 nitrogen and oxygen atoms in total. The van der Waals surface area contributed by atoms with Gasteiger partial charge in [0, 0.05) is 16.0 Å². The van der Waals surface area contributed by atoms with Gasteiger partial charge in [0.2, 0.25) is 0 Å². The first-order valence-corrected chi connectivity index (χ1v) is 8.58. The maximum absolute atomic E-state index is 4.35. The van der Waals surface area contributed by atoms with Gasteiger partial charge in [-0.15, -0.1) is 0 Å². The first-order chi connectivity index (χ1) is 11.3. The van der Waals surface area contributed by atoms with Crippen LogP contribution in [0.4, 0.5) is 0 Å². The van der Waals surface area contributed by atoms with Crippen molar-refractivity contribution >= 4 is 38.7 Å². The van der Waals surface area contributed by atoms with E-state index in [1.807, 2.05) is 37.1 Å². The molecule has 1 aliphatic carbocycles. The average molecular weight is 378 g/mol. The topological polar surface area (TPSA) is 25.8 Å². The second-order valence-electron chi connectivity index (χ2n) is 5.06. The van der Waals surface area contributed by atoms with Crippen LogP contribution >= 0.6 is 27.7 Å². The molecule has 0 N–H and O–H groups in total. The fourth-order valence-corrected chi connectivity index (χ4v) is 3.52. The van der Waals surface area contributed by atoms with E-state index in [2.05, 4.69) is 61.5 Å². The Bertz CT molecular complexity index is 914. The predicted octanol–water partition coefficient (Wildman–Crippen LogP) is 4.61. The van der Waals surface area contributed by atoms with Gasteiger partial charge in [-0.3, -0.25) is 0 Å². The molecule has 1 saturated carbocycles. The number of halogens is 1. The molecule has 0 unspecified atom stereocenters. The molecule has 0 saturated heterocycles. The summed E-state index contributed by atoms with van der Waals surface area (Å²) in [5, 5.41) is 0. The Kier molecular flexibility index (Phi) is 4.15. The smallest absolute Gasteiger partial charge is 0.121 e. The van der Waals surface area contributed by atoms with Gasteiger partial charge < -0.3 is 0 Å². The first kappa shape index (κ1) is 14.9. The van der Waals surface area contributed by atoms with Gasteiger partial charge in [-0.2, -0.15) is 8.75 Å². The molecule has 0 atom stereocenters. The summed E-state index contributed by atoms with van der Waals surface area (Å²) in [6.45, 7) is 0. The minimum atomic E-state index is 0.851. The quantitative estimate of drug-likeness (QED) is 0.578. The Morgan fingerprint density at radius 3 is 2.61 bits per heavy atom. The van der Waals surface area contributed by atoms with Crippen LogP contribution in [0.2, 0.25) is 0 Å². The van der Waals surface area contributed by atoms with E-state index >= 15 is 0 Å². The Morgan fingerprint density at radius 1 is 0.913 bits per heavy atom. The number of hydrogen-bond donors (Lipinski definition) is 0. The van der Waals surface area contributed by atoms with Crippen molar-refractivity contribution in [1.29, 1.82) is 0 Å². The van der Waals surface area contributed by atoms with E-state index in [-0.39, 0.29) is 0 Å². The van der Waals surface area contributed by atoms with Gasteiger partial charge in [0.25, 0.3) is 0 Å². The summed E-state index contributed by atoms with van der Waals surface area (Å²) in [6.07, 6.45) is 8.29. The first-order valence-electron chi connectivity index (χ1n) is 7.06. The Morgan fingerprint density at radius 2 is 1.74 bits per heavy atom. The lowest BCUT2D eigenvalue weighted by atomic mass is 9.96. The third kappa shape index (κ3) is 3.04. The minimum absolute atomic E-state index is 0.851. The van der Waals surface area contributed by atoms with Crippen LogP contribution in [0, 0.1) is 43.4 Å². The molecular weight excluding hydrogens is 368 g/mol. The third-order valence-electron chi connectivity index (χ3n) is 3.57. The summed E-state index contributed by atoms with van der Waals surface area (Å²) >= 11 is 4.70. The Hall–Kier alpha value is -1.70. The summed E-state index contributed by atoms with van der Waals surface area (Å²) in [4.78, 5) is 0. The molecule has 1 aliphatic rings. The lowest BCUT2D eigenvalue weighted by Gasteiger charge is -2.07. The number of nitrogens with zero attached hydrogens (tertiary/aromatic N) is 2. The molecule has 0 aliphatic heterocycles. The van der Waals surface area contributed by atoms with E-state index in [1.54, 1.807) is 0 Å². The number of aromatic nitrogens is 2. The normalized spacial score (nSPS) is 14.8. The predicted molar refractivity (Wildman–Crippen MR) is 97.1 cm³/mol. The highest BCUT2D eigenvalue weighted by molar-refractivity contribution is 9.10. The number of rotatable bonds is 1. The van der Waals surface area contributed by atoms with E-state index in [4.69, 9.17) is 0 Å². The van der Waals surface area contributed by atoms with Crippen molar-refractivity contribution in [2.75, 3.05) is 0 Å². The van der Waals surface area contributed by atoms with E-state index < -0.39 is 0 Å². The summed E-state index contributed by atoms with van der Waals surface area (Å²) in [5.41, 5.74) is 4.79. The van der Waals surface area contributed by atoms with Crippen molar-refractivity contribution in [2.45, 2.75) is 0 Å². The van der Waals surface area contributed by atoms with E-state index in [1.165, 1.54) is 23.2 Å². The molecule has 3 aromatic rings. The summed E-state index contributed by atoms with van der Waals surface area (Å²) in [7, 11) is 0. The standard InChI is InChI=1S/C19H10BrN2S/c20-17-11-10-15(18-19(17)22-23-21-18)9-8-13-4-3-7-16(12-13)14-5-1-2-6-14/h1-7,10-12H. The lowest BCUT2D eigenvalue weighted by molar-refractivity contribution is 1.28. The van der Waals surface area contributed by atoms with Crippen LogP contribution in [-0.2, 0) is 0 Å². The van der Waals surface area contributed by atoms with Crippen molar-refractivity contribution in [1.82, 2.24) is 8.75 Å². The Labute approximate surface area is 148 Å². The molecule has 0 spiro atoms. The third-order valence-corrected chi connectivity index (χ3v) is 4.73. The van der Waals surface area contributed by atoms with Crippen LogP contribution in [-0.4, -0.2) is 8.75 Å². The highest BCUT2D eigenvalue weighted by Crippen LogP contribution is 2.30. The molecule has 2 aromatic carbocycles. The maximum Gasteiger partial charge on any atom is 0.121 e. The van der Waals surface area contributed by atoms with Gasteiger partial charge >= 0.3 is 0 Å². The van der Waals surface area contributed by atoms with E-state index in [0.717, 1.165) is 26.6 Å². The molecular formula is C19H10BrN2S. The van der Waals surface area contributed by atoms with Crippen LogP contribution in [0.3, 0.4) is 0 Å². The fraction of sp³-hybridized carbons (Fsp3) is 0. The van der Waals surface area contributed by atoms with Gasteiger partial charge in [0.1, 0.15) is 11.0 Å². The average Bonchev–Trinajstić information content (AvgIpc) is 3.26. The van der Waals surface area contributed by atoms with Crippen molar-refractivity contribution < 1.29 is 0 Å². The van der Waals surface area contributed by atoms with Crippen molar-refractivity contribution in [3.05, 3.63) is 89.2 Å². The Balaban J connectivity index is 1.68. The molecule has 4 rings (SSSR count). The molecule has 109 valence electrons. The highest BCUT2D eigenvalue weighted by Gasteiger charge is 2.18. The second kappa shape index (κ2) is 6.43. The maximum atomic E-state index is 4.35. The number of hydrogen-bond acceptors (Lipinski definition) is 3. The zero-order chi connectivity index (χ0) is 15.6. The summed E-state index contributed by atoms with van der Waals surface area (Å²) in [5.74, 6) is 7.67. The van der Waals surface area contributed by atoms with Gasteiger partial charge in [-0.25, -0.2) is 0 Å². The zero-order valence-corrected chi connectivity index (χ0v) is 14.4. The van der Waals surface area contributed by atoms with Crippen LogP contribution < -0.4 is 0 Å². The van der Waals surface area contributed by atoms with E-state index in [9.17, 15) is 0 Å². The monoisotopic (exact) mass is 377 g/mol. The molecule has 1 fully saturated rings. The van der Waals surface area contributed by atoms with Crippen molar-refractivity contribution in [3.63, 3.8) is 0 Å². The van der Waals surface area contributed by atoms with Crippen LogP contribution in [0.1, 0.15) is 16.7 Å². The van der Waals surface area contributed by atoms with E-state index in [0.29, 0.717) is 0 Å². The number of fused-ring (bicyclic) bond motifs is 1. The molecule has 4 heteroatoms. The van der Waals surface area contributed by atoms with Gasteiger partial charge in [-0.1, -0.05) is 24.0 Å². The van der Waals surface area contributed by atoms with Crippen LogP contribution in [0.15, 0.2) is 40.9 Å². The summed E-state index contributed by atoms with van der Waals surface area (Å²) in [6, 6.07) is 12.2. The molecule has 1 heterocycles. The molecule has 23 heavy (non-hydrogen) atoms. The molecule has 0 bridgehead atoms. The van der Waals surface area contributed by atoms with Crippen LogP contribution in [0.25, 0.3) is 11.0 Å². The number of benzene rings is 2. The van der Waals surface area contributed by atoms with Gasteiger partial charge in [-0.05, 0) is 71.4 Å². The van der Waals surface area contributed by atoms with Crippen LogP contribution in [0.5, 0.6) is 0 Å². The minimum Gasteiger partial charge on any atom is -0.172 e. The van der Waals surface area contributed by atoms with Gasteiger partial charge in [0.05, 0.1) is 17.3 Å². The largest absolute Gasteiger partial charge is 0.172 e. The van der Waals surface area contributed by atoms with Gasteiger partial charge in [0.15, 0.2) is 0 Å². The molecule has 5 radical (unpaired) electrons. The highest BCUT2D eigenvalue weighted by atomic mass is 79.9. The zero-order valence-electron chi connectivity index (χ0n) is 12.0. The SMILES string of the molecule is Brc1ccc(C#Cc2cccc([C]3[CH][CH][CH][CH]3)c2)c2nsnc12. The second-order valence-corrected chi connectivity index (χ2v) is 6.44. The lowest BCUT2D eigenvalue weighted by Crippen LogP contribution is -1.94. The fourth-order valence-electron chi connectivity index (χ4n) is 2.42. The summed E-state index contributed by atoms with van der Waals surface area (Å²) < 4.78 is 9.59. The van der Waals surface area contributed by atoms with Crippen molar-refractivity contribution in [2.24, 2.45) is 0 Å². The molecule has 1 aromatic heterocycles. The molecule has 0 amide bonds.